The van der Waals surface area contributed by atoms with Gasteiger partial charge in [0.05, 0.1) is 11.7 Å². The van der Waals surface area contributed by atoms with E-state index >= 15 is 0 Å². The van der Waals surface area contributed by atoms with Crippen molar-refractivity contribution in [1.29, 1.82) is 0 Å². The van der Waals surface area contributed by atoms with Crippen LogP contribution in [0.1, 0.15) is 36.0 Å². The quantitative estimate of drug-likeness (QED) is 0.855. The van der Waals surface area contributed by atoms with E-state index in [2.05, 4.69) is 10.3 Å². The summed E-state index contributed by atoms with van der Waals surface area (Å²) >= 11 is 5.72. The number of nitrogens with one attached hydrogen (secondary N) is 1. The fraction of sp³-hybridized carbons (Fsp3) is 0.294. The van der Waals surface area contributed by atoms with Gasteiger partial charge in [-0.25, -0.2) is 4.98 Å². The number of hydrogen-bond acceptors (Lipinski definition) is 3. The lowest BCUT2D eigenvalue weighted by atomic mass is 10.2. The molecule has 114 valence electrons. The third-order valence-corrected chi connectivity index (χ3v) is 3.91. The Balaban J connectivity index is 1.66. The van der Waals surface area contributed by atoms with Crippen molar-refractivity contribution in [3.05, 3.63) is 53.3 Å². The van der Waals surface area contributed by atoms with Gasteiger partial charge >= 0.3 is 0 Å². The van der Waals surface area contributed by atoms with Gasteiger partial charge in [0.2, 0.25) is 0 Å². The Bertz CT molecular complexity index is 652. The van der Waals surface area contributed by atoms with Crippen LogP contribution < -0.4 is 10.1 Å². The maximum Gasteiger partial charge on any atom is 0.257 e. The van der Waals surface area contributed by atoms with Crippen LogP contribution in [0.3, 0.4) is 0 Å². The zero-order valence-corrected chi connectivity index (χ0v) is 12.8. The molecule has 1 aliphatic carbocycles. The van der Waals surface area contributed by atoms with Crippen LogP contribution in [-0.4, -0.2) is 17.0 Å². The Labute approximate surface area is 134 Å². The molecule has 0 aliphatic heterocycles. The highest BCUT2D eigenvalue weighted by Crippen LogP contribution is 2.26. The first-order chi connectivity index (χ1) is 10.7. The van der Waals surface area contributed by atoms with Crippen LogP contribution in [0, 0.1) is 0 Å². The standard InChI is InChI=1S/C17H17ClN2O2/c18-16-9-8-12(11-19-16)17(21)20-13-4-3-7-15(10-13)22-14-5-1-2-6-14/h3-4,7-11,14H,1-2,5-6H2,(H,20,21). The molecule has 5 heteroatoms. The highest BCUT2D eigenvalue weighted by Gasteiger charge is 2.16. The van der Waals surface area contributed by atoms with E-state index < -0.39 is 0 Å². The molecule has 0 bridgehead atoms. The Morgan fingerprint density at radius 1 is 1.23 bits per heavy atom. The largest absolute Gasteiger partial charge is 0.490 e. The number of anilines is 1. The average Bonchev–Trinajstić information content (AvgIpc) is 3.01. The summed E-state index contributed by atoms with van der Waals surface area (Å²) in [7, 11) is 0. The van der Waals surface area contributed by atoms with Crippen molar-refractivity contribution in [2.75, 3.05) is 5.32 Å². The summed E-state index contributed by atoms with van der Waals surface area (Å²) in [5.74, 6) is 0.570. The van der Waals surface area contributed by atoms with Crippen molar-refractivity contribution in [1.82, 2.24) is 4.98 Å². The maximum atomic E-state index is 12.1. The van der Waals surface area contributed by atoms with Gasteiger partial charge in [-0.3, -0.25) is 4.79 Å². The fourth-order valence-electron chi connectivity index (χ4n) is 2.56. The van der Waals surface area contributed by atoms with Crippen LogP contribution in [0.25, 0.3) is 0 Å². The predicted molar refractivity (Wildman–Crippen MR) is 86.5 cm³/mol. The SMILES string of the molecule is O=C(Nc1cccc(OC2CCCC2)c1)c1ccc(Cl)nc1. The molecule has 1 aromatic heterocycles. The Kier molecular flexibility index (Phi) is 4.59. The van der Waals surface area contributed by atoms with E-state index in [0.717, 1.165) is 18.6 Å². The molecule has 3 rings (SSSR count). The summed E-state index contributed by atoms with van der Waals surface area (Å²) in [5.41, 5.74) is 1.17. The second-order valence-electron chi connectivity index (χ2n) is 5.38. The summed E-state index contributed by atoms with van der Waals surface area (Å²) in [5, 5.41) is 3.21. The van der Waals surface area contributed by atoms with E-state index in [1.807, 2.05) is 24.3 Å². The second kappa shape index (κ2) is 6.79. The van der Waals surface area contributed by atoms with Gasteiger partial charge in [-0.1, -0.05) is 17.7 Å². The van der Waals surface area contributed by atoms with Gasteiger partial charge in [-0.2, -0.15) is 0 Å². The molecule has 2 aromatic rings. The van der Waals surface area contributed by atoms with Gasteiger partial charge in [0.25, 0.3) is 5.91 Å². The number of benzene rings is 1. The summed E-state index contributed by atoms with van der Waals surface area (Å²) in [6.45, 7) is 0. The van der Waals surface area contributed by atoms with Crippen LogP contribution in [0.4, 0.5) is 5.69 Å². The molecule has 0 spiro atoms. The third-order valence-electron chi connectivity index (χ3n) is 3.69. The molecule has 0 radical (unpaired) electrons. The number of ether oxygens (including phenoxy) is 1. The summed E-state index contributed by atoms with van der Waals surface area (Å²) < 4.78 is 5.94. The number of aromatic nitrogens is 1. The first-order valence-corrected chi connectivity index (χ1v) is 7.78. The maximum absolute atomic E-state index is 12.1. The molecule has 0 unspecified atom stereocenters. The van der Waals surface area contributed by atoms with E-state index in [9.17, 15) is 4.79 Å². The molecular formula is C17H17ClN2O2. The van der Waals surface area contributed by atoms with Crippen molar-refractivity contribution in [2.45, 2.75) is 31.8 Å². The number of carbonyl (C=O) groups excluding carboxylic acids is 1. The first-order valence-electron chi connectivity index (χ1n) is 7.40. The molecule has 1 saturated carbocycles. The molecule has 1 fully saturated rings. The molecule has 1 N–H and O–H groups in total. The molecule has 4 nitrogen and oxygen atoms in total. The van der Waals surface area contributed by atoms with Crippen LogP contribution in [-0.2, 0) is 0 Å². The number of halogens is 1. The molecule has 1 amide bonds. The monoisotopic (exact) mass is 316 g/mol. The Hall–Kier alpha value is -2.07. The minimum absolute atomic E-state index is 0.220. The van der Waals surface area contributed by atoms with Crippen LogP contribution in [0.15, 0.2) is 42.6 Å². The van der Waals surface area contributed by atoms with Gasteiger partial charge in [-0.15, -0.1) is 0 Å². The number of carbonyl (C=O) groups is 1. The van der Waals surface area contributed by atoms with E-state index in [-0.39, 0.29) is 5.91 Å². The zero-order valence-electron chi connectivity index (χ0n) is 12.1. The van der Waals surface area contributed by atoms with Crippen molar-refractivity contribution >= 4 is 23.2 Å². The molecule has 1 heterocycles. The Morgan fingerprint density at radius 3 is 2.77 bits per heavy atom. The number of hydrogen-bond donors (Lipinski definition) is 1. The lowest BCUT2D eigenvalue weighted by molar-refractivity contribution is 0.102. The average molecular weight is 317 g/mol. The highest BCUT2D eigenvalue weighted by atomic mass is 35.5. The highest BCUT2D eigenvalue weighted by molar-refractivity contribution is 6.29. The molecule has 0 atom stereocenters. The van der Waals surface area contributed by atoms with E-state index in [4.69, 9.17) is 16.3 Å². The molecule has 0 saturated heterocycles. The van der Waals surface area contributed by atoms with Gasteiger partial charge in [-0.05, 0) is 49.9 Å². The van der Waals surface area contributed by atoms with Crippen molar-refractivity contribution < 1.29 is 9.53 Å². The van der Waals surface area contributed by atoms with Crippen molar-refractivity contribution in [3.8, 4) is 5.75 Å². The van der Waals surface area contributed by atoms with Crippen LogP contribution >= 0.6 is 11.6 Å². The second-order valence-corrected chi connectivity index (χ2v) is 5.76. The summed E-state index contributed by atoms with van der Waals surface area (Å²) in [4.78, 5) is 16.1. The predicted octanol–water partition coefficient (Wildman–Crippen LogP) is 4.31. The van der Waals surface area contributed by atoms with Gasteiger partial charge in [0, 0.05) is 18.0 Å². The smallest absolute Gasteiger partial charge is 0.257 e. The molecule has 22 heavy (non-hydrogen) atoms. The summed E-state index contributed by atoms with van der Waals surface area (Å²) in [6.07, 6.45) is 6.41. The van der Waals surface area contributed by atoms with E-state index in [0.29, 0.717) is 22.5 Å². The zero-order chi connectivity index (χ0) is 15.4. The lowest BCUT2D eigenvalue weighted by Gasteiger charge is -2.14. The lowest BCUT2D eigenvalue weighted by Crippen LogP contribution is -2.13. The number of rotatable bonds is 4. The third kappa shape index (κ3) is 3.77. The number of amides is 1. The van der Waals surface area contributed by atoms with Gasteiger partial charge in [0.15, 0.2) is 0 Å². The van der Waals surface area contributed by atoms with Crippen molar-refractivity contribution in [3.63, 3.8) is 0 Å². The minimum atomic E-state index is -0.220. The topological polar surface area (TPSA) is 51.2 Å². The molecule has 1 aliphatic rings. The summed E-state index contributed by atoms with van der Waals surface area (Å²) in [6, 6.07) is 10.7. The van der Waals surface area contributed by atoms with Gasteiger partial charge < -0.3 is 10.1 Å². The first kappa shape index (κ1) is 14.9. The Morgan fingerprint density at radius 2 is 2.05 bits per heavy atom. The fourth-order valence-corrected chi connectivity index (χ4v) is 2.67. The minimum Gasteiger partial charge on any atom is -0.490 e. The van der Waals surface area contributed by atoms with E-state index in [1.165, 1.54) is 19.0 Å². The van der Waals surface area contributed by atoms with Crippen molar-refractivity contribution in [2.24, 2.45) is 0 Å². The van der Waals surface area contributed by atoms with Gasteiger partial charge in [0.1, 0.15) is 10.9 Å². The van der Waals surface area contributed by atoms with Crippen LogP contribution in [0.5, 0.6) is 5.75 Å². The molecule has 1 aromatic carbocycles. The number of pyridine rings is 1. The van der Waals surface area contributed by atoms with Crippen LogP contribution in [0.2, 0.25) is 5.15 Å². The molecular weight excluding hydrogens is 300 g/mol. The normalized spacial score (nSPS) is 14.8. The van der Waals surface area contributed by atoms with E-state index in [1.54, 1.807) is 12.1 Å². The number of nitrogens with zero attached hydrogens (tertiary/aromatic N) is 1.